The Morgan fingerprint density at radius 1 is 1.11 bits per heavy atom. The Labute approximate surface area is 113 Å². The zero-order valence-corrected chi connectivity index (χ0v) is 11.0. The molecule has 0 atom stereocenters. The first-order valence-corrected chi connectivity index (χ1v) is 6.54. The van der Waals surface area contributed by atoms with E-state index in [1.807, 2.05) is 6.07 Å². The van der Waals surface area contributed by atoms with Gasteiger partial charge in [0.25, 0.3) is 0 Å². The molecule has 19 heavy (non-hydrogen) atoms. The smallest absolute Gasteiger partial charge is 0.195 e. The van der Waals surface area contributed by atoms with Crippen molar-refractivity contribution in [3.63, 3.8) is 0 Å². The van der Waals surface area contributed by atoms with E-state index in [2.05, 4.69) is 65.0 Å². The summed E-state index contributed by atoms with van der Waals surface area (Å²) in [5.74, 6) is 0.861. The first-order chi connectivity index (χ1) is 9.33. The fraction of sp³-hybridized carbons (Fsp3) is 0.188. The van der Waals surface area contributed by atoms with Crippen LogP contribution in [0.25, 0.3) is 11.1 Å². The maximum atomic E-state index is 4.38. The van der Waals surface area contributed by atoms with Crippen LogP contribution in [0.3, 0.4) is 0 Å². The summed E-state index contributed by atoms with van der Waals surface area (Å²) in [5, 5.41) is 6.60. The third-order valence-electron chi connectivity index (χ3n) is 3.18. The minimum Gasteiger partial charge on any atom is -0.354 e. The molecule has 0 aromatic heterocycles. The monoisotopic (exact) mass is 251 g/mol. The number of guanidine groups is 1. The van der Waals surface area contributed by atoms with Crippen LogP contribution in [0.4, 0.5) is 5.69 Å². The van der Waals surface area contributed by atoms with E-state index in [4.69, 9.17) is 0 Å². The summed E-state index contributed by atoms with van der Waals surface area (Å²) in [6.07, 6.45) is 0. The summed E-state index contributed by atoms with van der Waals surface area (Å²) in [4.78, 5) is 4.38. The van der Waals surface area contributed by atoms with Crippen molar-refractivity contribution in [1.29, 1.82) is 0 Å². The number of nitrogens with zero attached hydrogens (tertiary/aromatic N) is 1. The number of hydrogen-bond donors (Lipinski definition) is 2. The molecule has 0 saturated heterocycles. The van der Waals surface area contributed by atoms with Gasteiger partial charge in [0.15, 0.2) is 5.96 Å². The lowest BCUT2D eigenvalue weighted by Gasteiger charge is -2.12. The molecule has 0 amide bonds. The molecule has 2 N–H and O–H groups in total. The van der Waals surface area contributed by atoms with Crippen LogP contribution in [0.1, 0.15) is 5.56 Å². The Bertz CT molecular complexity index is 617. The number of aliphatic imine (C=N–C) groups is 1. The Balaban J connectivity index is 1.97. The molecule has 1 aliphatic rings. The molecule has 0 radical (unpaired) electrons. The lowest BCUT2D eigenvalue weighted by atomic mass is 10.0. The number of hydrogen-bond acceptors (Lipinski definition) is 3. The minimum absolute atomic E-state index is 0.842. The number of anilines is 1. The third kappa shape index (κ3) is 2.60. The quantitative estimate of drug-likeness (QED) is 0.860. The maximum Gasteiger partial charge on any atom is 0.195 e. The zero-order valence-electron chi connectivity index (χ0n) is 11.0. The summed E-state index contributed by atoms with van der Waals surface area (Å²) < 4.78 is 0. The van der Waals surface area contributed by atoms with Crippen molar-refractivity contribution in [2.24, 2.45) is 4.99 Å². The molecular formula is C16H17N3. The summed E-state index contributed by atoms with van der Waals surface area (Å²) >= 11 is 0. The van der Waals surface area contributed by atoms with Crippen LogP contribution in [0.15, 0.2) is 53.5 Å². The lowest BCUT2D eigenvalue weighted by molar-refractivity contribution is 0.959. The Morgan fingerprint density at radius 2 is 2.00 bits per heavy atom. The maximum absolute atomic E-state index is 4.38. The number of nitrogens with one attached hydrogen (secondary N) is 2. The van der Waals surface area contributed by atoms with Crippen LogP contribution in [0.5, 0.6) is 0 Å². The Hall–Kier alpha value is -2.29. The van der Waals surface area contributed by atoms with Crippen LogP contribution in [0.2, 0.25) is 0 Å². The van der Waals surface area contributed by atoms with E-state index < -0.39 is 0 Å². The standard InChI is InChI=1S/C16H17N3/c1-12-5-4-6-13(11-12)14-7-2-3-8-15(14)19-16-17-9-10-18-16/h2-8,11H,9-10H2,1H3,(H2,17,18,19). The first-order valence-electron chi connectivity index (χ1n) is 6.54. The third-order valence-corrected chi connectivity index (χ3v) is 3.18. The van der Waals surface area contributed by atoms with E-state index in [0.29, 0.717) is 0 Å². The topological polar surface area (TPSA) is 36.4 Å². The highest BCUT2D eigenvalue weighted by Crippen LogP contribution is 2.28. The van der Waals surface area contributed by atoms with Crippen molar-refractivity contribution in [1.82, 2.24) is 5.32 Å². The molecule has 0 aliphatic carbocycles. The van der Waals surface area contributed by atoms with Gasteiger partial charge in [0.05, 0.1) is 6.54 Å². The number of para-hydroxylation sites is 1. The van der Waals surface area contributed by atoms with E-state index >= 15 is 0 Å². The molecule has 0 fully saturated rings. The van der Waals surface area contributed by atoms with E-state index in [-0.39, 0.29) is 0 Å². The number of aryl methyl sites for hydroxylation is 1. The van der Waals surface area contributed by atoms with Gasteiger partial charge >= 0.3 is 0 Å². The molecule has 0 saturated carbocycles. The molecule has 3 heteroatoms. The molecule has 0 spiro atoms. The Kier molecular flexibility index (Phi) is 3.19. The molecular weight excluding hydrogens is 234 g/mol. The predicted octanol–water partition coefficient (Wildman–Crippen LogP) is 3.03. The van der Waals surface area contributed by atoms with Crippen LogP contribution in [-0.4, -0.2) is 19.0 Å². The molecule has 96 valence electrons. The van der Waals surface area contributed by atoms with Gasteiger partial charge in [-0.05, 0) is 18.6 Å². The van der Waals surface area contributed by atoms with Gasteiger partial charge in [0.2, 0.25) is 0 Å². The fourth-order valence-electron chi connectivity index (χ4n) is 2.27. The second kappa shape index (κ2) is 5.14. The van der Waals surface area contributed by atoms with Gasteiger partial charge in [-0.25, -0.2) is 0 Å². The second-order valence-corrected chi connectivity index (χ2v) is 4.70. The van der Waals surface area contributed by atoms with Crippen LogP contribution in [0, 0.1) is 6.92 Å². The number of benzene rings is 2. The van der Waals surface area contributed by atoms with Gasteiger partial charge in [0, 0.05) is 17.8 Å². The van der Waals surface area contributed by atoms with Crippen LogP contribution < -0.4 is 10.6 Å². The largest absolute Gasteiger partial charge is 0.354 e. The SMILES string of the molecule is Cc1cccc(-c2ccccc2NC2=NCCN2)c1. The summed E-state index contributed by atoms with van der Waals surface area (Å²) in [5.41, 5.74) is 4.77. The molecule has 3 rings (SSSR count). The van der Waals surface area contributed by atoms with Gasteiger partial charge < -0.3 is 10.6 Å². The van der Waals surface area contributed by atoms with Crippen LogP contribution in [-0.2, 0) is 0 Å². The van der Waals surface area contributed by atoms with Crippen molar-refractivity contribution in [3.05, 3.63) is 54.1 Å². The molecule has 2 aromatic rings. The zero-order chi connectivity index (χ0) is 13.1. The minimum atomic E-state index is 0.842. The average Bonchev–Trinajstić information content (AvgIpc) is 2.92. The molecule has 1 aliphatic heterocycles. The molecule has 3 nitrogen and oxygen atoms in total. The van der Waals surface area contributed by atoms with Gasteiger partial charge in [-0.1, -0.05) is 48.0 Å². The second-order valence-electron chi connectivity index (χ2n) is 4.70. The predicted molar refractivity (Wildman–Crippen MR) is 80.5 cm³/mol. The highest BCUT2D eigenvalue weighted by Gasteiger charge is 2.09. The average molecular weight is 251 g/mol. The van der Waals surface area contributed by atoms with Crippen molar-refractivity contribution in [3.8, 4) is 11.1 Å². The van der Waals surface area contributed by atoms with E-state index in [1.54, 1.807) is 0 Å². The van der Waals surface area contributed by atoms with E-state index in [0.717, 1.165) is 24.7 Å². The highest BCUT2D eigenvalue weighted by atomic mass is 15.2. The normalized spacial score (nSPS) is 13.8. The van der Waals surface area contributed by atoms with Crippen molar-refractivity contribution < 1.29 is 0 Å². The molecule has 0 bridgehead atoms. The first kappa shape index (κ1) is 11.8. The summed E-state index contributed by atoms with van der Waals surface area (Å²) in [6, 6.07) is 16.9. The molecule has 1 heterocycles. The van der Waals surface area contributed by atoms with E-state index in [9.17, 15) is 0 Å². The summed E-state index contributed by atoms with van der Waals surface area (Å²) in [6.45, 7) is 3.87. The highest BCUT2D eigenvalue weighted by molar-refractivity contribution is 5.98. The summed E-state index contributed by atoms with van der Waals surface area (Å²) in [7, 11) is 0. The molecule has 2 aromatic carbocycles. The molecule has 0 unspecified atom stereocenters. The Morgan fingerprint density at radius 3 is 2.79 bits per heavy atom. The van der Waals surface area contributed by atoms with Gasteiger partial charge in [-0.3, -0.25) is 4.99 Å². The van der Waals surface area contributed by atoms with Crippen LogP contribution >= 0.6 is 0 Å². The van der Waals surface area contributed by atoms with Crippen molar-refractivity contribution >= 4 is 11.6 Å². The van der Waals surface area contributed by atoms with E-state index in [1.165, 1.54) is 16.7 Å². The van der Waals surface area contributed by atoms with Crippen molar-refractivity contribution in [2.75, 3.05) is 18.4 Å². The van der Waals surface area contributed by atoms with Gasteiger partial charge in [-0.15, -0.1) is 0 Å². The van der Waals surface area contributed by atoms with Crippen molar-refractivity contribution in [2.45, 2.75) is 6.92 Å². The van der Waals surface area contributed by atoms with Gasteiger partial charge in [0.1, 0.15) is 0 Å². The fourth-order valence-corrected chi connectivity index (χ4v) is 2.27. The lowest BCUT2D eigenvalue weighted by Crippen LogP contribution is -2.26. The number of rotatable bonds is 2. The van der Waals surface area contributed by atoms with Gasteiger partial charge in [-0.2, -0.15) is 0 Å².